The third-order valence-electron chi connectivity index (χ3n) is 6.53. The lowest BCUT2D eigenvalue weighted by Crippen LogP contribution is -2.19. The van der Waals surface area contributed by atoms with Crippen molar-refractivity contribution in [3.05, 3.63) is 89.0 Å². The molecule has 6 nitrogen and oxygen atoms in total. The first kappa shape index (κ1) is 27.8. The van der Waals surface area contributed by atoms with Gasteiger partial charge >= 0.3 is 0 Å². The first-order valence-electron chi connectivity index (χ1n) is 13.2. The molecule has 0 saturated carbocycles. The van der Waals surface area contributed by atoms with Crippen LogP contribution in [0.4, 0.5) is 0 Å². The summed E-state index contributed by atoms with van der Waals surface area (Å²) in [4.78, 5) is 18.2. The van der Waals surface area contributed by atoms with Crippen molar-refractivity contribution in [3.8, 4) is 22.8 Å². The van der Waals surface area contributed by atoms with Crippen molar-refractivity contribution in [2.75, 3.05) is 6.61 Å². The molecule has 3 aromatic carbocycles. The van der Waals surface area contributed by atoms with E-state index in [0.29, 0.717) is 29.1 Å². The number of hydrogen-bond donors (Lipinski definition) is 2. The Kier molecular flexibility index (Phi) is 7.77. The maximum absolute atomic E-state index is 13.4. The van der Waals surface area contributed by atoms with E-state index in [9.17, 15) is 9.90 Å². The van der Waals surface area contributed by atoms with Gasteiger partial charge in [0.2, 0.25) is 0 Å². The molecule has 0 unspecified atom stereocenters. The number of aromatic hydroxyl groups is 1. The Balaban J connectivity index is 1.69. The van der Waals surface area contributed by atoms with Gasteiger partial charge in [0, 0.05) is 22.1 Å². The van der Waals surface area contributed by atoms with E-state index in [4.69, 9.17) is 9.72 Å². The normalized spacial score (nSPS) is 12.2. The standard InChI is InChI=1S/C33H37N3O3/c1-8-39-23-13-11-12-22(18-23)29-19-25(24-14-9-10-15-28(24)35-29)31(38)36-34-20-21-16-26(32(2,3)4)30(37)27(17-21)33(5,6)7/h9-20,37H,8H2,1-7H3,(H,36,38)/b34-20+. The number of amides is 1. The molecule has 0 aliphatic rings. The van der Waals surface area contributed by atoms with Crippen LogP contribution in [-0.2, 0) is 10.8 Å². The lowest BCUT2D eigenvalue weighted by atomic mass is 9.78. The van der Waals surface area contributed by atoms with Crippen LogP contribution in [0.5, 0.6) is 11.5 Å². The van der Waals surface area contributed by atoms with Crippen LogP contribution in [0.15, 0.2) is 71.8 Å². The molecule has 0 fully saturated rings. The predicted octanol–water partition coefficient (Wildman–Crippen LogP) is 7.37. The van der Waals surface area contributed by atoms with Crippen LogP contribution in [0.25, 0.3) is 22.2 Å². The van der Waals surface area contributed by atoms with Crippen LogP contribution in [0, 0.1) is 0 Å². The second-order valence-electron chi connectivity index (χ2n) is 11.7. The van der Waals surface area contributed by atoms with E-state index in [1.54, 1.807) is 12.3 Å². The number of hydrazone groups is 1. The van der Waals surface area contributed by atoms with E-state index in [0.717, 1.165) is 33.4 Å². The number of ether oxygens (including phenoxy) is 1. The monoisotopic (exact) mass is 523 g/mol. The summed E-state index contributed by atoms with van der Waals surface area (Å²) in [6, 6.07) is 20.9. The third-order valence-corrected chi connectivity index (χ3v) is 6.53. The maximum atomic E-state index is 13.4. The Hall–Kier alpha value is -4.19. The van der Waals surface area contributed by atoms with Crippen LogP contribution in [0.2, 0.25) is 0 Å². The predicted molar refractivity (Wildman–Crippen MR) is 159 cm³/mol. The Morgan fingerprint density at radius 3 is 2.26 bits per heavy atom. The van der Waals surface area contributed by atoms with E-state index in [2.05, 4.69) is 52.1 Å². The fourth-order valence-electron chi connectivity index (χ4n) is 4.52. The second-order valence-corrected chi connectivity index (χ2v) is 11.7. The van der Waals surface area contributed by atoms with Gasteiger partial charge in [-0.1, -0.05) is 71.9 Å². The molecule has 4 rings (SSSR count). The van der Waals surface area contributed by atoms with Crippen LogP contribution >= 0.6 is 0 Å². The van der Waals surface area contributed by atoms with E-state index < -0.39 is 0 Å². The summed E-state index contributed by atoms with van der Waals surface area (Å²) < 4.78 is 5.65. The van der Waals surface area contributed by atoms with Crippen molar-refractivity contribution in [1.29, 1.82) is 0 Å². The molecule has 0 saturated heterocycles. The highest BCUT2D eigenvalue weighted by Crippen LogP contribution is 2.39. The number of aromatic nitrogens is 1. The summed E-state index contributed by atoms with van der Waals surface area (Å²) >= 11 is 0. The number of pyridine rings is 1. The van der Waals surface area contributed by atoms with Gasteiger partial charge in [-0.15, -0.1) is 0 Å². The van der Waals surface area contributed by atoms with Crippen LogP contribution in [0.3, 0.4) is 0 Å². The topological polar surface area (TPSA) is 83.8 Å². The maximum Gasteiger partial charge on any atom is 0.272 e. The number of phenols is 1. The zero-order chi connectivity index (χ0) is 28.4. The average Bonchev–Trinajstić information content (AvgIpc) is 2.87. The van der Waals surface area contributed by atoms with Crippen LogP contribution in [-0.4, -0.2) is 28.8 Å². The highest BCUT2D eigenvalue weighted by Gasteiger charge is 2.26. The lowest BCUT2D eigenvalue weighted by molar-refractivity contribution is 0.0956. The largest absolute Gasteiger partial charge is 0.507 e. The lowest BCUT2D eigenvalue weighted by Gasteiger charge is -2.27. The number of para-hydroxylation sites is 1. The second kappa shape index (κ2) is 10.9. The summed E-state index contributed by atoms with van der Waals surface area (Å²) in [5.74, 6) is 0.719. The Bertz CT molecular complexity index is 1510. The van der Waals surface area contributed by atoms with Gasteiger partial charge in [-0.2, -0.15) is 5.10 Å². The van der Waals surface area contributed by atoms with Crippen LogP contribution in [0.1, 0.15) is 75.5 Å². The molecular weight excluding hydrogens is 486 g/mol. The molecule has 202 valence electrons. The smallest absolute Gasteiger partial charge is 0.272 e. The molecule has 0 radical (unpaired) electrons. The van der Waals surface area contributed by atoms with E-state index >= 15 is 0 Å². The number of nitrogens with one attached hydrogen (secondary N) is 1. The zero-order valence-corrected chi connectivity index (χ0v) is 23.8. The minimum Gasteiger partial charge on any atom is -0.507 e. The van der Waals surface area contributed by atoms with E-state index in [1.165, 1.54) is 0 Å². The molecule has 0 bridgehead atoms. The Morgan fingerprint density at radius 2 is 1.62 bits per heavy atom. The van der Waals surface area contributed by atoms with Crippen molar-refractivity contribution in [2.45, 2.75) is 59.3 Å². The van der Waals surface area contributed by atoms with Gasteiger partial charge in [-0.05, 0) is 59.7 Å². The summed E-state index contributed by atoms with van der Waals surface area (Å²) in [5, 5.41) is 16.0. The summed E-state index contributed by atoms with van der Waals surface area (Å²) in [6.45, 7) is 14.9. The van der Waals surface area contributed by atoms with Gasteiger partial charge in [-0.3, -0.25) is 4.79 Å². The highest BCUT2D eigenvalue weighted by atomic mass is 16.5. The van der Waals surface area contributed by atoms with Gasteiger partial charge < -0.3 is 9.84 Å². The minimum atomic E-state index is -0.335. The van der Waals surface area contributed by atoms with Crippen LogP contribution < -0.4 is 10.2 Å². The van der Waals surface area contributed by atoms with Gasteiger partial charge in [-0.25, -0.2) is 10.4 Å². The molecular formula is C33H37N3O3. The molecule has 0 spiro atoms. The molecule has 4 aromatic rings. The van der Waals surface area contributed by atoms with Crippen molar-refractivity contribution in [3.63, 3.8) is 0 Å². The SMILES string of the molecule is CCOc1cccc(-c2cc(C(=O)N/N=C/c3cc(C(C)(C)C)c(O)c(C(C)(C)C)c3)c3ccccc3n2)c1. The first-order valence-corrected chi connectivity index (χ1v) is 13.2. The molecule has 0 aliphatic carbocycles. The number of benzene rings is 3. The third kappa shape index (κ3) is 6.28. The number of hydrogen-bond acceptors (Lipinski definition) is 5. The molecule has 0 aliphatic heterocycles. The van der Waals surface area contributed by atoms with Gasteiger partial charge in [0.15, 0.2) is 0 Å². The van der Waals surface area contributed by atoms with E-state index in [1.807, 2.05) is 67.6 Å². The fourth-order valence-corrected chi connectivity index (χ4v) is 4.52. The summed E-state index contributed by atoms with van der Waals surface area (Å²) in [7, 11) is 0. The van der Waals surface area contributed by atoms with Gasteiger partial charge in [0.25, 0.3) is 5.91 Å². The Labute approximate surface area is 230 Å². The zero-order valence-electron chi connectivity index (χ0n) is 23.8. The number of rotatable bonds is 6. The number of fused-ring (bicyclic) bond motifs is 1. The number of carbonyl (C=O) groups excluding carboxylic acids is 1. The molecule has 1 amide bonds. The molecule has 1 aromatic heterocycles. The molecule has 6 heteroatoms. The van der Waals surface area contributed by atoms with Crippen molar-refractivity contribution in [2.24, 2.45) is 5.10 Å². The minimum absolute atomic E-state index is 0.261. The fraction of sp³-hybridized carbons (Fsp3) is 0.303. The van der Waals surface area contributed by atoms with E-state index in [-0.39, 0.29) is 16.7 Å². The van der Waals surface area contributed by atoms with Crippen molar-refractivity contribution < 1.29 is 14.6 Å². The summed E-state index contributed by atoms with van der Waals surface area (Å²) in [5.41, 5.74) is 7.37. The quantitative estimate of drug-likeness (QED) is 0.204. The van der Waals surface area contributed by atoms with Gasteiger partial charge in [0.05, 0.1) is 29.6 Å². The molecule has 2 N–H and O–H groups in total. The van der Waals surface area contributed by atoms with Crippen molar-refractivity contribution in [1.82, 2.24) is 10.4 Å². The highest BCUT2D eigenvalue weighted by molar-refractivity contribution is 6.07. The molecule has 0 atom stereocenters. The molecule has 39 heavy (non-hydrogen) atoms. The van der Waals surface area contributed by atoms with Gasteiger partial charge in [0.1, 0.15) is 11.5 Å². The first-order chi connectivity index (χ1) is 18.4. The summed E-state index contributed by atoms with van der Waals surface area (Å²) in [6.07, 6.45) is 1.62. The number of nitrogens with zero attached hydrogens (tertiary/aromatic N) is 2. The molecule has 1 heterocycles. The Morgan fingerprint density at radius 1 is 0.949 bits per heavy atom. The van der Waals surface area contributed by atoms with Crippen molar-refractivity contribution >= 4 is 23.0 Å². The number of carbonyl (C=O) groups is 1. The number of phenolic OH excluding ortho intramolecular Hbond substituents is 1. The average molecular weight is 524 g/mol.